The van der Waals surface area contributed by atoms with E-state index < -0.39 is 6.09 Å². The number of hydrogen-bond acceptors (Lipinski definition) is 6. The largest absolute Gasteiger partial charge is 0.465 e. The summed E-state index contributed by atoms with van der Waals surface area (Å²) in [4.78, 5) is 25.6. The van der Waals surface area contributed by atoms with Crippen molar-refractivity contribution in [3.8, 4) is 11.4 Å². The van der Waals surface area contributed by atoms with Gasteiger partial charge in [-0.05, 0) is 25.0 Å². The fourth-order valence-electron chi connectivity index (χ4n) is 3.54. The summed E-state index contributed by atoms with van der Waals surface area (Å²) in [5.74, 6) is 2.32. The van der Waals surface area contributed by atoms with Crippen molar-refractivity contribution in [2.45, 2.75) is 12.8 Å². The third-order valence-corrected chi connectivity index (χ3v) is 5.07. The first-order valence-electron chi connectivity index (χ1n) is 10.2. The molecule has 0 saturated carbocycles. The Bertz CT molecular complexity index is 999. The molecule has 0 aliphatic carbocycles. The average molecular weight is 410 g/mol. The van der Waals surface area contributed by atoms with Crippen LogP contribution in [0.2, 0.25) is 0 Å². The Labute approximate surface area is 174 Å². The van der Waals surface area contributed by atoms with Crippen LogP contribution < -0.4 is 15.5 Å². The summed E-state index contributed by atoms with van der Waals surface area (Å²) in [5.41, 5.74) is 2.03. The van der Waals surface area contributed by atoms with Gasteiger partial charge in [-0.15, -0.1) is 0 Å². The zero-order valence-electron chi connectivity index (χ0n) is 16.7. The number of ether oxygens (including phenoxy) is 1. The van der Waals surface area contributed by atoms with Crippen LogP contribution in [0.5, 0.6) is 0 Å². The molecular weight excluding hydrogens is 384 g/mol. The highest BCUT2D eigenvalue weighted by atomic mass is 16.5. The van der Waals surface area contributed by atoms with Crippen LogP contribution in [-0.2, 0) is 4.74 Å². The minimum absolute atomic E-state index is 0.445. The fraction of sp³-hybridized carbons (Fsp3) is 0.381. The molecule has 3 aromatic rings. The van der Waals surface area contributed by atoms with E-state index in [2.05, 4.69) is 20.5 Å². The van der Waals surface area contributed by atoms with Crippen molar-refractivity contribution in [2.24, 2.45) is 0 Å². The highest BCUT2D eigenvalue weighted by Gasteiger charge is 2.17. The van der Waals surface area contributed by atoms with E-state index in [0.717, 1.165) is 54.0 Å². The number of hydrogen-bond donors (Lipinski definition) is 4. The lowest BCUT2D eigenvalue weighted by Gasteiger charge is -2.28. The monoisotopic (exact) mass is 410 g/mol. The molecule has 0 unspecified atom stereocenters. The Morgan fingerprint density at radius 1 is 1.17 bits per heavy atom. The van der Waals surface area contributed by atoms with Crippen molar-refractivity contribution in [1.82, 2.24) is 20.3 Å². The molecule has 9 heteroatoms. The fourth-order valence-corrected chi connectivity index (χ4v) is 3.54. The maximum atomic E-state index is 10.5. The number of rotatable bonds is 8. The standard InChI is InChI=1S/C21H26N6O3/c28-21(29)24-8-2-1-7-23-18-14-19(27-10-12-30-13-11-27)26-20(25-18)16-4-3-5-17-15(16)6-9-22-17/h3-6,9,14,22,24H,1-2,7-8,10-13H2,(H,28,29)(H,23,25,26). The van der Waals surface area contributed by atoms with Gasteiger partial charge in [0.2, 0.25) is 0 Å². The number of carboxylic acid groups (broad SMARTS) is 1. The topological polar surface area (TPSA) is 115 Å². The van der Waals surface area contributed by atoms with Crippen molar-refractivity contribution >= 4 is 28.6 Å². The van der Waals surface area contributed by atoms with Gasteiger partial charge in [-0.3, -0.25) is 0 Å². The average Bonchev–Trinajstić information content (AvgIpc) is 3.25. The first-order chi connectivity index (χ1) is 14.7. The minimum Gasteiger partial charge on any atom is -0.465 e. The number of carbonyl (C=O) groups is 1. The number of benzene rings is 1. The predicted molar refractivity (Wildman–Crippen MR) is 116 cm³/mol. The summed E-state index contributed by atoms with van der Waals surface area (Å²) in [6.07, 6.45) is 2.53. The van der Waals surface area contributed by atoms with E-state index >= 15 is 0 Å². The molecular formula is C21H26N6O3. The van der Waals surface area contributed by atoms with E-state index in [1.165, 1.54) is 0 Å². The Balaban J connectivity index is 1.55. The number of amides is 1. The van der Waals surface area contributed by atoms with E-state index in [1.54, 1.807) is 0 Å². The zero-order valence-corrected chi connectivity index (χ0v) is 16.7. The van der Waals surface area contributed by atoms with Gasteiger partial charge >= 0.3 is 6.09 Å². The second-order valence-electron chi connectivity index (χ2n) is 7.14. The number of anilines is 2. The van der Waals surface area contributed by atoms with E-state index in [9.17, 15) is 4.79 Å². The van der Waals surface area contributed by atoms with Crippen LogP contribution in [-0.4, -0.2) is 65.5 Å². The molecule has 0 atom stereocenters. The van der Waals surface area contributed by atoms with Gasteiger partial charge in [-0.1, -0.05) is 12.1 Å². The Kier molecular flexibility index (Phi) is 6.29. The molecule has 9 nitrogen and oxygen atoms in total. The Hall–Kier alpha value is -3.33. The molecule has 1 amide bonds. The van der Waals surface area contributed by atoms with Crippen molar-refractivity contribution in [3.05, 3.63) is 36.5 Å². The summed E-state index contributed by atoms with van der Waals surface area (Å²) in [7, 11) is 0. The molecule has 1 aliphatic heterocycles. The SMILES string of the molecule is O=C(O)NCCCCNc1cc(N2CCOCC2)nc(-c2cccc3[nH]ccc23)n1. The molecule has 4 N–H and O–H groups in total. The minimum atomic E-state index is -0.988. The van der Waals surface area contributed by atoms with E-state index in [0.29, 0.717) is 32.1 Å². The van der Waals surface area contributed by atoms with Gasteiger partial charge in [0, 0.05) is 54.9 Å². The number of fused-ring (bicyclic) bond motifs is 1. The first-order valence-corrected chi connectivity index (χ1v) is 10.2. The van der Waals surface area contributed by atoms with E-state index in [1.807, 2.05) is 36.5 Å². The maximum absolute atomic E-state index is 10.5. The maximum Gasteiger partial charge on any atom is 0.404 e. The normalized spacial score (nSPS) is 14.1. The number of morpholine rings is 1. The molecule has 1 fully saturated rings. The smallest absolute Gasteiger partial charge is 0.404 e. The lowest BCUT2D eigenvalue weighted by molar-refractivity contribution is 0.122. The van der Waals surface area contributed by atoms with Gasteiger partial charge in [0.25, 0.3) is 0 Å². The quantitative estimate of drug-likeness (QED) is 0.422. The third-order valence-electron chi connectivity index (χ3n) is 5.07. The van der Waals surface area contributed by atoms with E-state index in [-0.39, 0.29) is 0 Å². The van der Waals surface area contributed by atoms with Crippen LogP contribution in [0.1, 0.15) is 12.8 Å². The van der Waals surface area contributed by atoms with Crippen molar-refractivity contribution in [1.29, 1.82) is 0 Å². The van der Waals surface area contributed by atoms with Crippen LogP contribution in [0.4, 0.5) is 16.4 Å². The summed E-state index contributed by atoms with van der Waals surface area (Å²) in [6, 6.07) is 10.1. The molecule has 30 heavy (non-hydrogen) atoms. The molecule has 0 radical (unpaired) electrons. The molecule has 3 heterocycles. The number of H-pyrrole nitrogens is 1. The lowest BCUT2D eigenvalue weighted by atomic mass is 10.1. The van der Waals surface area contributed by atoms with Gasteiger partial charge in [0.15, 0.2) is 5.82 Å². The van der Waals surface area contributed by atoms with Crippen LogP contribution in [0, 0.1) is 0 Å². The zero-order chi connectivity index (χ0) is 20.8. The Morgan fingerprint density at radius 2 is 2.00 bits per heavy atom. The summed E-state index contributed by atoms with van der Waals surface area (Å²) in [5, 5.41) is 15.5. The van der Waals surface area contributed by atoms with Gasteiger partial charge < -0.3 is 30.4 Å². The molecule has 2 aromatic heterocycles. The molecule has 0 spiro atoms. The van der Waals surface area contributed by atoms with E-state index in [4.69, 9.17) is 19.8 Å². The van der Waals surface area contributed by atoms with Gasteiger partial charge in [-0.25, -0.2) is 14.8 Å². The molecule has 1 saturated heterocycles. The van der Waals surface area contributed by atoms with Gasteiger partial charge in [0.1, 0.15) is 11.6 Å². The second-order valence-corrected chi connectivity index (χ2v) is 7.14. The highest BCUT2D eigenvalue weighted by molar-refractivity contribution is 5.93. The molecule has 158 valence electrons. The highest BCUT2D eigenvalue weighted by Crippen LogP contribution is 2.28. The Morgan fingerprint density at radius 3 is 2.83 bits per heavy atom. The van der Waals surface area contributed by atoms with Gasteiger partial charge in [-0.2, -0.15) is 0 Å². The molecule has 1 aliphatic rings. The van der Waals surface area contributed by atoms with Crippen molar-refractivity contribution in [3.63, 3.8) is 0 Å². The number of aromatic nitrogens is 3. The molecule has 4 rings (SSSR count). The van der Waals surface area contributed by atoms with Gasteiger partial charge in [0.05, 0.1) is 13.2 Å². The molecule has 0 bridgehead atoms. The first kappa shape index (κ1) is 20.0. The lowest BCUT2D eigenvalue weighted by Crippen LogP contribution is -2.36. The van der Waals surface area contributed by atoms with Crippen LogP contribution in [0.3, 0.4) is 0 Å². The number of unbranched alkanes of at least 4 members (excludes halogenated alkanes) is 1. The predicted octanol–water partition coefficient (Wildman–Crippen LogP) is 2.92. The second kappa shape index (κ2) is 9.45. The summed E-state index contributed by atoms with van der Waals surface area (Å²) in [6.45, 7) is 4.11. The number of nitrogens with one attached hydrogen (secondary N) is 3. The van der Waals surface area contributed by atoms with Crippen LogP contribution >= 0.6 is 0 Å². The number of nitrogens with zero attached hydrogens (tertiary/aromatic N) is 3. The summed E-state index contributed by atoms with van der Waals surface area (Å²) >= 11 is 0. The third kappa shape index (κ3) is 4.80. The van der Waals surface area contributed by atoms with Crippen LogP contribution in [0.15, 0.2) is 36.5 Å². The molecule has 1 aromatic carbocycles. The van der Waals surface area contributed by atoms with Crippen molar-refractivity contribution in [2.75, 3.05) is 49.6 Å². The summed E-state index contributed by atoms with van der Waals surface area (Å²) < 4.78 is 5.48. The van der Waals surface area contributed by atoms with Crippen LogP contribution in [0.25, 0.3) is 22.3 Å². The van der Waals surface area contributed by atoms with Crippen molar-refractivity contribution < 1.29 is 14.6 Å². The number of aromatic amines is 1.